The zero-order valence-corrected chi connectivity index (χ0v) is 18.7. The summed E-state index contributed by atoms with van der Waals surface area (Å²) in [5.41, 5.74) is 6.80. The van der Waals surface area contributed by atoms with Gasteiger partial charge in [-0.25, -0.2) is 9.97 Å². The monoisotopic (exact) mass is 434 g/mol. The lowest BCUT2D eigenvalue weighted by Crippen LogP contribution is -2.32. The van der Waals surface area contributed by atoms with Crippen molar-refractivity contribution in [2.75, 3.05) is 16.8 Å². The summed E-state index contributed by atoms with van der Waals surface area (Å²) in [6, 6.07) is 13.8. The van der Waals surface area contributed by atoms with Gasteiger partial charge in [0.1, 0.15) is 0 Å². The number of hydrogen-bond acceptors (Lipinski definition) is 6. The van der Waals surface area contributed by atoms with Gasteiger partial charge in [-0.05, 0) is 48.2 Å². The Labute approximate surface area is 186 Å². The second-order valence-corrected chi connectivity index (χ2v) is 8.67. The number of carbonyl (C=O) groups excluding carboxylic acids is 1. The minimum Gasteiger partial charge on any atom is -0.366 e. The van der Waals surface area contributed by atoms with E-state index in [2.05, 4.69) is 47.0 Å². The van der Waals surface area contributed by atoms with Gasteiger partial charge in [-0.15, -0.1) is 0 Å². The Morgan fingerprint density at radius 2 is 2.06 bits per heavy atom. The molecule has 4 rings (SSSR count). The Kier molecular flexibility index (Phi) is 6.25. The van der Waals surface area contributed by atoms with E-state index in [4.69, 9.17) is 0 Å². The largest absolute Gasteiger partial charge is 0.366 e. The van der Waals surface area contributed by atoms with Gasteiger partial charge in [-0.3, -0.25) is 4.79 Å². The molecule has 0 saturated heterocycles. The highest BCUT2D eigenvalue weighted by atomic mass is 32.2. The SMILES string of the molecule is Cc1ccc(C(=O)Nc2cccc(C(C)C)c2)cc1N1CCc2nc(SO)ncc2C1. The van der Waals surface area contributed by atoms with Crippen molar-refractivity contribution in [1.29, 1.82) is 0 Å². The van der Waals surface area contributed by atoms with Crippen LogP contribution >= 0.6 is 12.0 Å². The summed E-state index contributed by atoms with van der Waals surface area (Å²) in [6.07, 6.45) is 2.55. The van der Waals surface area contributed by atoms with E-state index in [0.717, 1.165) is 41.2 Å². The van der Waals surface area contributed by atoms with Crippen molar-refractivity contribution in [2.45, 2.75) is 44.8 Å². The van der Waals surface area contributed by atoms with E-state index in [1.54, 1.807) is 6.20 Å². The molecule has 1 amide bonds. The molecule has 6 nitrogen and oxygen atoms in total. The smallest absolute Gasteiger partial charge is 0.255 e. The quantitative estimate of drug-likeness (QED) is 0.420. The van der Waals surface area contributed by atoms with Crippen LogP contribution in [0.2, 0.25) is 0 Å². The van der Waals surface area contributed by atoms with Crippen LogP contribution in [0.1, 0.15) is 52.5 Å². The van der Waals surface area contributed by atoms with Gasteiger partial charge in [0.15, 0.2) is 0 Å². The summed E-state index contributed by atoms with van der Waals surface area (Å²) in [6.45, 7) is 7.80. The van der Waals surface area contributed by atoms with E-state index in [0.29, 0.717) is 35.2 Å². The summed E-state index contributed by atoms with van der Waals surface area (Å²) in [5, 5.41) is 3.41. The zero-order valence-electron chi connectivity index (χ0n) is 17.9. The number of nitrogens with one attached hydrogen (secondary N) is 1. The third-order valence-corrected chi connectivity index (χ3v) is 5.98. The Morgan fingerprint density at radius 3 is 2.84 bits per heavy atom. The lowest BCUT2D eigenvalue weighted by molar-refractivity contribution is 0.102. The van der Waals surface area contributed by atoms with Gasteiger partial charge in [-0.1, -0.05) is 32.0 Å². The van der Waals surface area contributed by atoms with Gasteiger partial charge in [0.2, 0.25) is 5.16 Å². The first-order chi connectivity index (χ1) is 14.9. The number of anilines is 2. The Morgan fingerprint density at radius 1 is 1.23 bits per heavy atom. The van der Waals surface area contributed by atoms with Crippen LogP contribution in [-0.4, -0.2) is 27.0 Å². The molecule has 0 aliphatic carbocycles. The van der Waals surface area contributed by atoms with Gasteiger partial charge in [0, 0.05) is 48.2 Å². The van der Waals surface area contributed by atoms with Crippen molar-refractivity contribution in [3.8, 4) is 0 Å². The van der Waals surface area contributed by atoms with Crippen LogP contribution in [0.3, 0.4) is 0 Å². The predicted octanol–water partition coefficient (Wildman–Crippen LogP) is 5.29. The highest BCUT2D eigenvalue weighted by Crippen LogP contribution is 2.28. The van der Waals surface area contributed by atoms with Crippen molar-refractivity contribution in [2.24, 2.45) is 0 Å². The number of amides is 1. The molecule has 160 valence electrons. The second kappa shape index (κ2) is 9.08. The average molecular weight is 435 g/mol. The van der Waals surface area contributed by atoms with Gasteiger partial charge in [-0.2, -0.15) is 0 Å². The molecule has 1 aliphatic rings. The maximum Gasteiger partial charge on any atom is 0.255 e. The molecule has 2 heterocycles. The van der Waals surface area contributed by atoms with Crippen molar-refractivity contribution in [3.05, 3.63) is 76.6 Å². The molecule has 0 unspecified atom stereocenters. The topological polar surface area (TPSA) is 78.4 Å². The van der Waals surface area contributed by atoms with Crippen LogP contribution < -0.4 is 10.2 Å². The predicted molar refractivity (Wildman–Crippen MR) is 125 cm³/mol. The maximum atomic E-state index is 12.9. The van der Waals surface area contributed by atoms with Crippen molar-refractivity contribution < 1.29 is 9.35 Å². The van der Waals surface area contributed by atoms with E-state index in [9.17, 15) is 9.35 Å². The number of fused-ring (bicyclic) bond motifs is 1. The molecule has 1 aromatic heterocycles. The van der Waals surface area contributed by atoms with Crippen LogP contribution in [-0.2, 0) is 13.0 Å². The molecule has 7 heteroatoms. The van der Waals surface area contributed by atoms with Crippen LogP contribution in [0.25, 0.3) is 0 Å². The second-order valence-electron chi connectivity index (χ2n) is 8.12. The number of nitrogens with zero attached hydrogens (tertiary/aromatic N) is 3. The zero-order chi connectivity index (χ0) is 22.0. The molecule has 0 spiro atoms. The number of hydrogen-bond donors (Lipinski definition) is 2. The minimum absolute atomic E-state index is 0.118. The molecular weight excluding hydrogens is 408 g/mol. The first-order valence-corrected chi connectivity index (χ1v) is 11.1. The molecule has 31 heavy (non-hydrogen) atoms. The van der Waals surface area contributed by atoms with E-state index in [-0.39, 0.29) is 5.91 Å². The fourth-order valence-corrected chi connectivity index (χ4v) is 4.07. The third-order valence-electron chi connectivity index (χ3n) is 5.62. The van der Waals surface area contributed by atoms with E-state index in [1.165, 1.54) is 5.56 Å². The molecule has 0 saturated carbocycles. The summed E-state index contributed by atoms with van der Waals surface area (Å²) in [5.74, 6) is 0.286. The van der Waals surface area contributed by atoms with Crippen LogP contribution in [0.4, 0.5) is 11.4 Å². The van der Waals surface area contributed by atoms with Crippen LogP contribution in [0, 0.1) is 6.92 Å². The molecule has 1 aliphatic heterocycles. The summed E-state index contributed by atoms with van der Waals surface area (Å²) < 4.78 is 9.18. The fourth-order valence-electron chi connectivity index (χ4n) is 3.82. The molecule has 0 atom stereocenters. The molecule has 0 bridgehead atoms. The van der Waals surface area contributed by atoms with Crippen molar-refractivity contribution in [1.82, 2.24) is 9.97 Å². The maximum absolute atomic E-state index is 12.9. The molecule has 0 radical (unpaired) electrons. The summed E-state index contributed by atoms with van der Waals surface area (Å²) in [7, 11) is 0. The van der Waals surface area contributed by atoms with Crippen LogP contribution in [0.15, 0.2) is 53.8 Å². The lowest BCUT2D eigenvalue weighted by Gasteiger charge is -2.31. The molecular formula is C24H26N4O2S. The Hall–Kier alpha value is -2.90. The molecule has 2 aromatic carbocycles. The number of rotatable bonds is 5. The number of carbonyl (C=O) groups is 1. The first kappa shape index (κ1) is 21.3. The summed E-state index contributed by atoms with van der Waals surface area (Å²) in [4.78, 5) is 23.8. The van der Waals surface area contributed by atoms with E-state index < -0.39 is 0 Å². The van der Waals surface area contributed by atoms with E-state index >= 15 is 0 Å². The Bertz CT molecular complexity index is 1120. The molecule has 2 N–H and O–H groups in total. The number of aromatic nitrogens is 2. The van der Waals surface area contributed by atoms with Gasteiger partial charge >= 0.3 is 0 Å². The molecule has 0 fully saturated rings. The van der Waals surface area contributed by atoms with Crippen molar-refractivity contribution in [3.63, 3.8) is 0 Å². The highest BCUT2D eigenvalue weighted by molar-refractivity contribution is 7.93. The number of benzene rings is 2. The number of aryl methyl sites for hydroxylation is 1. The van der Waals surface area contributed by atoms with Crippen molar-refractivity contribution >= 4 is 29.3 Å². The van der Waals surface area contributed by atoms with Crippen LogP contribution in [0.5, 0.6) is 0 Å². The first-order valence-electron chi connectivity index (χ1n) is 10.4. The van der Waals surface area contributed by atoms with E-state index in [1.807, 2.05) is 36.4 Å². The normalized spacial score (nSPS) is 13.3. The standard InChI is InChI=1S/C24H26N4O2S/c1-15(2)17-5-4-6-20(11-17)26-23(29)18-8-7-16(3)22(12-18)28-10-9-21-19(14-28)13-25-24(27-21)31-30/h4-8,11-13,15,30H,9-10,14H2,1-3H3,(H,26,29). The third kappa shape index (κ3) is 4.73. The fraction of sp³-hybridized carbons (Fsp3) is 0.292. The summed E-state index contributed by atoms with van der Waals surface area (Å²) >= 11 is 0.569. The lowest BCUT2D eigenvalue weighted by atomic mass is 10.0. The van der Waals surface area contributed by atoms with Gasteiger partial charge < -0.3 is 14.8 Å². The highest BCUT2D eigenvalue weighted by Gasteiger charge is 2.21. The minimum atomic E-state index is -0.118. The Balaban J connectivity index is 1.54. The van der Waals surface area contributed by atoms with Gasteiger partial charge in [0.25, 0.3) is 5.91 Å². The molecule has 3 aromatic rings. The van der Waals surface area contributed by atoms with Gasteiger partial charge in [0.05, 0.1) is 17.7 Å². The average Bonchev–Trinajstić information content (AvgIpc) is 2.78.